The van der Waals surface area contributed by atoms with E-state index in [9.17, 15) is 9.59 Å². The molecule has 4 rings (SSSR count). The predicted molar refractivity (Wildman–Crippen MR) is 112 cm³/mol. The quantitative estimate of drug-likeness (QED) is 0.627. The number of carbonyl (C=O) groups excluding carboxylic acids is 2. The van der Waals surface area contributed by atoms with Crippen molar-refractivity contribution in [3.8, 4) is 11.3 Å². The van der Waals surface area contributed by atoms with E-state index in [4.69, 9.17) is 22.1 Å². The van der Waals surface area contributed by atoms with Crippen LogP contribution >= 0.6 is 11.6 Å². The van der Waals surface area contributed by atoms with Crippen molar-refractivity contribution < 1.29 is 18.7 Å². The van der Waals surface area contributed by atoms with Gasteiger partial charge < -0.3 is 15.4 Å². The van der Waals surface area contributed by atoms with E-state index in [-0.39, 0.29) is 28.6 Å². The summed E-state index contributed by atoms with van der Waals surface area (Å²) in [6.07, 6.45) is 2.31. The van der Waals surface area contributed by atoms with Crippen molar-refractivity contribution in [1.82, 2.24) is 9.61 Å². The van der Waals surface area contributed by atoms with Crippen LogP contribution in [0.1, 0.15) is 33.7 Å². The lowest BCUT2D eigenvalue weighted by molar-refractivity contribution is 0.0819. The first kappa shape index (κ1) is 20.3. The van der Waals surface area contributed by atoms with Gasteiger partial charge in [-0.3, -0.25) is 9.59 Å². The molecular weight excluding hydrogens is 411 g/mol. The van der Waals surface area contributed by atoms with Crippen LogP contribution in [0.4, 0.5) is 10.1 Å². The fourth-order valence-corrected chi connectivity index (χ4v) is 4.11. The van der Waals surface area contributed by atoms with Gasteiger partial charge in [0.1, 0.15) is 11.5 Å². The van der Waals surface area contributed by atoms with Gasteiger partial charge >= 0.3 is 0 Å². The number of anilines is 1. The summed E-state index contributed by atoms with van der Waals surface area (Å²) in [4.78, 5) is 25.4. The van der Waals surface area contributed by atoms with Gasteiger partial charge in [-0.2, -0.15) is 5.10 Å². The monoisotopic (exact) mass is 430 g/mol. The first-order valence-electron chi connectivity index (χ1n) is 9.48. The highest BCUT2D eigenvalue weighted by atomic mass is 35.5. The number of methoxy groups -OCH3 is 1. The highest BCUT2D eigenvalue weighted by molar-refractivity contribution is 6.34. The molecule has 0 bridgehead atoms. The Labute approximate surface area is 177 Å². The maximum Gasteiger partial charge on any atom is 0.267 e. The molecule has 9 heteroatoms. The van der Waals surface area contributed by atoms with Crippen molar-refractivity contribution >= 4 is 35.0 Å². The van der Waals surface area contributed by atoms with E-state index >= 15 is 4.39 Å². The smallest absolute Gasteiger partial charge is 0.267 e. The van der Waals surface area contributed by atoms with Gasteiger partial charge in [0.25, 0.3) is 5.91 Å². The van der Waals surface area contributed by atoms with Gasteiger partial charge in [0.05, 0.1) is 33.6 Å². The Bertz CT molecular complexity index is 1140. The van der Waals surface area contributed by atoms with E-state index in [1.165, 1.54) is 10.6 Å². The number of hydrogen-bond donors (Lipinski definition) is 1. The van der Waals surface area contributed by atoms with E-state index in [2.05, 4.69) is 5.10 Å². The Morgan fingerprint density at radius 2 is 2.03 bits per heavy atom. The molecule has 1 aliphatic rings. The Balaban J connectivity index is 1.76. The van der Waals surface area contributed by atoms with Gasteiger partial charge in [0.15, 0.2) is 6.29 Å². The Morgan fingerprint density at radius 1 is 1.30 bits per heavy atom. The molecule has 2 aromatic heterocycles. The van der Waals surface area contributed by atoms with E-state index in [0.29, 0.717) is 35.6 Å². The summed E-state index contributed by atoms with van der Waals surface area (Å²) in [7, 11) is 1.68. The molecular formula is C21H20ClFN4O3. The zero-order valence-corrected chi connectivity index (χ0v) is 17.0. The van der Waals surface area contributed by atoms with E-state index in [1.807, 2.05) is 4.90 Å². The number of primary amides is 1. The van der Waals surface area contributed by atoms with Crippen LogP contribution in [0.15, 0.2) is 30.3 Å². The average molecular weight is 431 g/mol. The first-order valence-corrected chi connectivity index (χ1v) is 9.86. The lowest BCUT2D eigenvalue weighted by Crippen LogP contribution is -2.37. The second kappa shape index (κ2) is 8.04. The maximum atomic E-state index is 15.3. The number of halogens is 2. The fourth-order valence-electron chi connectivity index (χ4n) is 3.86. The molecule has 7 nitrogen and oxygen atoms in total. The molecule has 1 aliphatic heterocycles. The zero-order chi connectivity index (χ0) is 21.4. The van der Waals surface area contributed by atoms with Crippen molar-refractivity contribution in [3.05, 3.63) is 52.4 Å². The SMILES string of the molecule is COC1CCN(c2ccc(-c3ccc4c(Cl)cc(C(N)=O)n4n3)c(F)c2C=O)CC1. The molecule has 0 atom stereocenters. The predicted octanol–water partition coefficient (Wildman–Crippen LogP) is 3.32. The van der Waals surface area contributed by atoms with Crippen LogP contribution < -0.4 is 10.6 Å². The summed E-state index contributed by atoms with van der Waals surface area (Å²) in [5.41, 5.74) is 6.87. The van der Waals surface area contributed by atoms with Gasteiger partial charge in [-0.25, -0.2) is 8.91 Å². The van der Waals surface area contributed by atoms with Crippen LogP contribution in [-0.4, -0.2) is 48.1 Å². The summed E-state index contributed by atoms with van der Waals surface area (Å²) in [5, 5.41) is 4.64. The fraction of sp³-hybridized carbons (Fsp3) is 0.286. The third-order valence-electron chi connectivity index (χ3n) is 5.49. The van der Waals surface area contributed by atoms with Crippen molar-refractivity contribution in [2.75, 3.05) is 25.1 Å². The standard InChI is InChI=1S/C21H20ClFN4O3/c1-30-12-6-8-26(9-7-12)17-4-2-13(20(23)14(17)11-28)16-3-5-18-15(22)10-19(21(24)29)27(18)25-16/h2-5,10-12H,6-9H2,1H3,(H2,24,29). The molecule has 0 radical (unpaired) electrons. The third-order valence-corrected chi connectivity index (χ3v) is 5.79. The molecule has 1 fully saturated rings. The minimum atomic E-state index is -0.703. The maximum absolute atomic E-state index is 15.3. The topological polar surface area (TPSA) is 89.9 Å². The summed E-state index contributed by atoms with van der Waals surface area (Å²) in [6.45, 7) is 1.35. The van der Waals surface area contributed by atoms with E-state index < -0.39 is 11.7 Å². The Morgan fingerprint density at radius 3 is 2.67 bits per heavy atom. The van der Waals surface area contributed by atoms with Gasteiger partial charge in [-0.15, -0.1) is 0 Å². The summed E-state index contributed by atoms with van der Waals surface area (Å²) >= 11 is 6.12. The zero-order valence-electron chi connectivity index (χ0n) is 16.3. The first-order chi connectivity index (χ1) is 14.4. The third kappa shape index (κ3) is 3.42. The van der Waals surface area contributed by atoms with Crippen LogP contribution in [0.5, 0.6) is 0 Å². The summed E-state index contributed by atoms with van der Waals surface area (Å²) in [6, 6.07) is 7.93. The molecule has 1 saturated heterocycles. The lowest BCUT2D eigenvalue weighted by Gasteiger charge is -2.33. The van der Waals surface area contributed by atoms with Crippen LogP contribution in [0.3, 0.4) is 0 Å². The van der Waals surface area contributed by atoms with E-state index in [1.54, 1.807) is 31.4 Å². The molecule has 30 heavy (non-hydrogen) atoms. The van der Waals surface area contributed by atoms with Gasteiger partial charge in [0, 0.05) is 25.8 Å². The number of aromatic nitrogens is 2. The molecule has 0 spiro atoms. The number of carbonyl (C=O) groups is 2. The average Bonchev–Trinajstić information content (AvgIpc) is 3.09. The van der Waals surface area contributed by atoms with Crippen molar-refractivity contribution in [2.24, 2.45) is 5.73 Å². The molecule has 1 aromatic carbocycles. The molecule has 2 N–H and O–H groups in total. The number of piperidine rings is 1. The number of benzene rings is 1. The molecule has 0 unspecified atom stereocenters. The largest absolute Gasteiger partial charge is 0.381 e. The number of nitrogens with zero attached hydrogens (tertiary/aromatic N) is 3. The Hall–Kier alpha value is -2.97. The minimum absolute atomic E-state index is 0.0223. The molecule has 3 heterocycles. The second-order valence-electron chi connectivity index (χ2n) is 7.16. The van der Waals surface area contributed by atoms with Crippen LogP contribution in [0, 0.1) is 5.82 Å². The van der Waals surface area contributed by atoms with Crippen molar-refractivity contribution in [3.63, 3.8) is 0 Å². The van der Waals surface area contributed by atoms with Crippen LogP contribution in [-0.2, 0) is 4.74 Å². The second-order valence-corrected chi connectivity index (χ2v) is 7.56. The van der Waals surface area contributed by atoms with Crippen molar-refractivity contribution in [2.45, 2.75) is 18.9 Å². The number of ether oxygens (including phenoxy) is 1. The number of nitrogens with two attached hydrogens (primary N) is 1. The lowest BCUT2D eigenvalue weighted by atomic mass is 10.0. The number of aldehydes is 1. The normalized spacial score (nSPS) is 15.0. The van der Waals surface area contributed by atoms with E-state index in [0.717, 1.165) is 12.8 Å². The van der Waals surface area contributed by atoms with Crippen LogP contribution in [0.25, 0.3) is 16.8 Å². The number of amides is 1. The summed E-state index contributed by atoms with van der Waals surface area (Å²) < 4.78 is 22.0. The Kier molecular flexibility index (Phi) is 5.44. The highest BCUT2D eigenvalue weighted by Crippen LogP contribution is 2.32. The number of hydrogen-bond acceptors (Lipinski definition) is 5. The van der Waals surface area contributed by atoms with Gasteiger partial charge in [-0.05, 0) is 43.2 Å². The highest BCUT2D eigenvalue weighted by Gasteiger charge is 2.24. The molecule has 1 amide bonds. The minimum Gasteiger partial charge on any atom is -0.381 e. The van der Waals surface area contributed by atoms with Crippen LogP contribution in [0.2, 0.25) is 5.02 Å². The summed E-state index contributed by atoms with van der Waals surface area (Å²) in [5.74, 6) is -1.37. The van der Waals surface area contributed by atoms with Crippen molar-refractivity contribution in [1.29, 1.82) is 0 Å². The molecule has 0 aliphatic carbocycles. The molecule has 0 saturated carbocycles. The molecule has 156 valence electrons. The number of fused-ring (bicyclic) bond motifs is 1. The molecule has 3 aromatic rings. The number of rotatable bonds is 5. The van der Waals surface area contributed by atoms with Gasteiger partial charge in [0.2, 0.25) is 0 Å². The van der Waals surface area contributed by atoms with Gasteiger partial charge in [-0.1, -0.05) is 11.6 Å².